The van der Waals surface area contributed by atoms with E-state index in [0.29, 0.717) is 13.1 Å². The van der Waals surface area contributed by atoms with Gasteiger partial charge in [0.05, 0.1) is 0 Å². The molecule has 2 atom stereocenters. The molecule has 1 unspecified atom stereocenters. The molecule has 1 heterocycles. The van der Waals surface area contributed by atoms with E-state index in [1.54, 1.807) is 0 Å². The van der Waals surface area contributed by atoms with Crippen LogP contribution in [0.3, 0.4) is 0 Å². The Morgan fingerprint density at radius 3 is 1.73 bits per heavy atom. The van der Waals surface area contributed by atoms with Gasteiger partial charge in [0.2, 0.25) is 0 Å². The van der Waals surface area contributed by atoms with Gasteiger partial charge in [0.1, 0.15) is 12.2 Å². The normalized spacial score (nSPS) is 36.0. The SMILES string of the molecule is CC1(C)OC(CN)[C@@H](CN)O1. The third-order valence-electron chi connectivity index (χ3n) is 1.75. The second-order valence-electron chi connectivity index (χ2n) is 3.18. The highest BCUT2D eigenvalue weighted by Gasteiger charge is 2.39. The van der Waals surface area contributed by atoms with E-state index in [9.17, 15) is 0 Å². The monoisotopic (exact) mass is 160 g/mol. The number of nitrogens with two attached hydrogens (primary N) is 2. The highest BCUT2D eigenvalue weighted by Crippen LogP contribution is 2.26. The van der Waals surface area contributed by atoms with Crippen LogP contribution in [0.5, 0.6) is 0 Å². The maximum atomic E-state index is 5.47. The van der Waals surface area contributed by atoms with Crippen LogP contribution in [0.2, 0.25) is 0 Å². The number of hydrogen-bond donors (Lipinski definition) is 2. The summed E-state index contributed by atoms with van der Waals surface area (Å²) in [7, 11) is 0. The molecule has 1 saturated heterocycles. The molecule has 0 saturated carbocycles. The smallest absolute Gasteiger partial charge is 0.163 e. The lowest BCUT2D eigenvalue weighted by Gasteiger charge is -2.16. The maximum absolute atomic E-state index is 5.47. The average molecular weight is 160 g/mol. The van der Waals surface area contributed by atoms with Gasteiger partial charge in [-0.25, -0.2) is 0 Å². The van der Waals surface area contributed by atoms with Gasteiger partial charge in [0.25, 0.3) is 0 Å². The van der Waals surface area contributed by atoms with Crippen LogP contribution >= 0.6 is 0 Å². The number of hydrogen-bond acceptors (Lipinski definition) is 4. The lowest BCUT2D eigenvalue weighted by molar-refractivity contribution is -0.144. The first kappa shape index (κ1) is 8.93. The Kier molecular flexibility index (Phi) is 2.49. The molecule has 1 aliphatic heterocycles. The Labute approximate surface area is 66.8 Å². The minimum absolute atomic E-state index is 0.0463. The maximum Gasteiger partial charge on any atom is 0.163 e. The van der Waals surface area contributed by atoms with Crippen LogP contribution in [0.4, 0.5) is 0 Å². The van der Waals surface area contributed by atoms with Gasteiger partial charge in [0.15, 0.2) is 5.79 Å². The standard InChI is InChI=1S/C7H16N2O2/c1-7(2)10-5(3-8)6(4-9)11-7/h5-6H,3-4,8-9H2,1-2H3/t5-,6?/m1/s1. The summed E-state index contributed by atoms with van der Waals surface area (Å²) in [5.41, 5.74) is 10.9. The minimum atomic E-state index is -0.520. The Bertz CT molecular complexity index is 124. The van der Waals surface area contributed by atoms with Crippen LogP contribution < -0.4 is 11.5 Å². The van der Waals surface area contributed by atoms with E-state index in [1.807, 2.05) is 13.8 Å². The summed E-state index contributed by atoms with van der Waals surface area (Å²) in [6.07, 6.45) is -0.0926. The van der Waals surface area contributed by atoms with Crippen molar-refractivity contribution >= 4 is 0 Å². The first-order chi connectivity index (χ1) is 5.09. The molecule has 0 aliphatic carbocycles. The molecule has 0 spiro atoms. The topological polar surface area (TPSA) is 70.5 Å². The summed E-state index contributed by atoms with van der Waals surface area (Å²) in [5.74, 6) is -0.520. The van der Waals surface area contributed by atoms with Crippen LogP contribution in [0.15, 0.2) is 0 Å². The fourth-order valence-corrected chi connectivity index (χ4v) is 1.31. The predicted octanol–water partition coefficient (Wildman–Crippen LogP) is -0.576. The zero-order chi connectivity index (χ0) is 8.48. The van der Waals surface area contributed by atoms with Crippen molar-refractivity contribution in [3.05, 3.63) is 0 Å². The van der Waals surface area contributed by atoms with E-state index >= 15 is 0 Å². The molecule has 1 fully saturated rings. The summed E-state index contributed by atoms with van der Waals surface area (Å²) in [6, 6.07) is 0. The lowest BCUT2D eigenvalue weighted by atomic mass is 10.2. The van der Waals surface area contributed by atoms with Crippen molar-refractivity contribution in [2.24, 2.45) is 11.5 Å². The van der Waals surface area contributed by atoms with Crippen molar-refractivity contribution in [1.82, 2.24) is 0 Å². The summed E-state index contributed by atoms with van der Waals surface area (Å²) < 4.78 is 10.9. The molecule has 66 valence electrons. The van der Waals surface area contributed by atoms with Crippen molar-refractivity contribution in [3.63, 3.8) is 0 Å². The van der Waals surface area contributed by atoms with Crippen LogP contribution in [0.1, 0.15) is 13.8 Å². The van der Waals surface area contributed by atoms with E-state index < -0.39 is 5.79 Å². The van der Waals surface area contributed by atoms with Crippen molar-refractivity contribution in [1.29, 1.82) is 0 Å². The van der Waals surface area contributed by atoms with Gasteiger partial charge in [-0.05, 0) is 13.8 Å². The van der Waals surface area contributed by atoms with Gasteiger partial charge in [0, 0.05) is 13.1 Å². The van der Waals surface area contributed by atoms with Crippen molar-refractivity contribution < 1.29 is 9.47 Å². The molecule has 0 bridgehead atoms. The Hall–Kier alpha value is -0.160. The zero-order valence-electron chi connectivity index (χ0n) is 7.04. The van der Waals surface area contributed by atoms with Crippen LogP contribution in [0.25, 0.3) is 0 Å². The predicted molar refractivity (Wildman–Crippen MR) is 41.9 cm³/mol. The van der Waals surface area contributed by atoms with Crippen molar-refractivity contribution in [2.75, 3.05) is 13.1 Å². The van der Waals surface area contributed by atoms with Gasteiger partial charge in [-0.2, -0.15) is 0 Å². The molecule has 1 rings (SSSR count). The van der Waals surface area contributed by atoms with Gasteiger partial charge in [-0.3, -0.25) is 0 Å². The Morgan fingerprint density at radius 1 is 1.09 bits per heavy atom. The van der Waals surface area contributed by atoms with E-state index in [0.717, 1.165) is 0 Å². The minimum Gasteiger partial charge on any atom is -0.343 e. The number of ether oxygens (including phenoxy) is 2. The molecule has 0 aromatic carbocycles. The fourth-order valence-electron chi connectivity index (χ4n) is 1.31. The molecular weight excluding hydrogens is 144 g/mol. The fraction of sp³-hybridized carbons (Fsp3) is 1.00. The van der Waals surface area contributed by atoms with Gasteiger partial charge in [-0.15, -0.1) is 0 Å². The molecule has 1 aliphatic rings. The molecule has 0 radical (unpaired) electrons. The van der Waals surface area contributed by atoms with Gasteiger partial charge >= 0.3 is 0 Å². The Balaban J connectivity index is 2.55. The van der Waals surface area contributed by atoms with E-state index in [2.05, 4.69) is 0 Å². The first-order valence-electron chi connectivity index (χ1n) is 3.85. The summed E-state index contributed by atoms with van der Waals surface area (Å²) in [4.78, 5) is 0. The van der Waals surface area contributed by atoms with Crippen molar-refractivity contribution in [3.8, 4) is 0 Å². The van der Waals surface area contributed by atoms with E-state index in [-0.39, 0.29) is 12.2 Å². The second-order valence-corrected chi connectivity index (χ2v) is 3.18. The van der Waals surface area contributed by atoms with E-state index in [4.69, 9.17) is 20.9 Å². The van der Waals surface area contributed by atoms with Crippen molar-refractivity contribution in [2.45, 2.75) is 31.8 Å². The molecule has 4 nitrogen and oxygen atoms in total. The molecule has 4 heteroatoms. The number of rotatable bonds is 2. The molecule has 0 amide bonds. The third kappa shape index (κ3) is 1.90. The van der Waals surface area contributed by atoms with E-state index in [1.165, 1.54) is 0 Å². The first-order valence-corrected chi connectivity index (χ1v) is 3.85. The van der Waals surface area contributed by atoms with Gasteiger partial charge < -0.3 is 20.9 Å². The summed E-state index contributed by atoms with van der Waals surface area (Å²) in [5, 5.41) is 0. The quantitative estimate of drug-likeness (QED) is 0.567. The summed E-state index contributed by atoms with van der Waals surface area (Å²) >= 11 is 0. The zero-order valence-corrected chi connectivity index (χ0v) is 7.04. The lowest BCUT2D eigenvalue weighted by Crippen LogP contribution is -2.35. The van der Waals surface area contributed by atoms with Crippen LogP contribution in [-0.4, -0.2) is 31.1 Å². The van der Waals surface area contributed by atoms with Crippen LogP contribution in [0, 0.1) is 0 Å². The largest absolute Gasteiger partial charge is 0.343 e. The molecular formula is C7H16N2O2. The Morgan fingerprint density at radius 2 is 1.45 bits per heavy atom. The third-order valence-corrected chi connectivity index (χ3v) is 1.75. The van der Waals surface area contributed by atoms with Crippen LogP contribution in [-0.2, 0) is 9.47 Å². The average Bonchev–Trinajstić information content (AvgIpc) is 2.25. The molecule has 0 aromatic rings. The second kappa shape index (κ2) is 3.06. The molecule has 11 heavy (non-hydrogen) atoms. The molecule has 0 aromatic heterocycles. The molecule has 4 N–H and O–H groups in total. The highest BCUT2D eigenvalue weighted by molar-refractivity contribution is 4.82. The summed E-state index contributed by atoms with van der Waals surface area (Å²) in [6.45, 7) is 4.66. The van der Waals surface area contributed by atoms with Gasteiger partial charge in [-0.1, -0.05) is 0 Å². The highest BCUT2D eigenvalue weighted by atomic mass is 16.8.